The first-order valence-electron chi connectivity index (χ1n) is 7.98. The van der Waals surface area contributed by atoms with Crippen molar-refractivity contribution in [3.8, 4) is 0 Å². The Hall–Kier alpha value is -2.23. The summed E-state index contributed by atoms with van der Waals surface area (Å²) in [6, 6.07) is 8.03. The van der Waals surface area contributed by atoms with E-state index in [9.17, 15) is 9.59 Å². The maximum Gasteiger partial charge on any atom is 0.315 e. The fourth-order valence-corrected chi connectivity index (χ4v) is 3.57. The van der Waals surface area contributed by atoms with Crippen LogP contribution in [0.5, 0.6) is 0 Å². The lowest BCUT2D eigenvalue weighted by atomic mass is 9.71. The Kier molecular flexibility index (Phi) is 4.16. The molecular weight excluding hydrogens is 290 g/mol. The Balaban J connectivity index is 2.17. The number of ether oxygens (including phenoxy) is 1. The number of carbonyl (C=O) groups excluding carboxylic acids is 2. The molecule has 3 rings (SSSR count). The van der Waals surface area contributed by atoms with Crippen molar-refractivity contribution in [2.24, 2.45) is 10.9 Å². The van der Waals surface area contributed by atoms with E-state index < -0.39 is 5.92 Å². The molecule has 2 aliphatic rings. The van der Waals surface area contributed by atoms with Crippen LogP contribution in [0.2, 0.25) is 0 Å². The SMILES string of the molecule is COC(=O)[C@H]1C(C)=NC2=C(C(=O)CCC2)[C@@H]1c1ccc(C)cc1. The monoisotopic (exact) mass is 311 g/mol. The number of methoxy groups -OCH3 is 1. The largest absolute Gasteiger partial charge is 0.468 e. The van der Waals surface area contributed by atoms with Gasteiger partial charge in [-0.3, -0.25) is 14.6 Å². The molecule has 4 nitrogen and oxygen atoms in total. The highest BCUT2D eigenvalue weighted by Gasteiger charge is 2.42. The van der Waals surface area contributed by atoms with Crippen molar-refractivity contribution in [2.45, 2.75) is 39.0 Å². The first-order chi connectivity index (χ1) is 11.0. The summed E-state index contributed by atoms with van der Waals surface area (Å²) in [6.45, 7) is 3.87. The van der Waals surface area contributed by atoms with Crippen LogP contribution in [0.4, 0.5) is 0 Å². The highest BCUT2D eigenvalue weighted by atomic mass is 16.5. The molecule has 0 N–H and O–H groups in total. The number of hydrogen-bond donors (Lipinski definition) is 0. The molecule has 2 atom stereocenters. The van der Waals surface area contributed by atoms with E-state index in [0.717, 1.165) is 35.4 Å². The van der Waals surface area contributed by atoms with Gasteiger partial charge in [-0.15, -0.1) is 0 Å². The van der Waals surface area contributed by atoms with E-state index in [1.165, 1.54) is 7.11 Å². The Bertz CT molecular complexity index is 713. The highest BCUT2D eigenvalue weighted by Crippen LogP contribution is 2.43. The molecule has 1 heterocycles. The summed E-state index contributed by atoms with van der Waals surface area (Å²) in [7, 11) is 1.38. The topological polar surface area (TPSA) is 55.7 Å². The summed E-state index contributed by atoms with van der Waals surface area (Å²) >= 11 is 0. The zero-order valence-corrected chi connectivity index (χ0v) is 13.8. The van der Waals surface area contributed by atoms with Crippen molar-refractivity contribution in [3.05, 3.63) is 46.7 Å². The van der Waals surface area contributed by atoms with Crippen molar-refractivity contribution in [1.82, 2.24) is 0 Å². The molecule has 0 unspecified atom stereocenters. The highest BCUT2D eigenvalue weighted by molar-refractivity contribution is 6.08. The standard InChI is InChI=1S/C19H21NO3/c1-11-7-9-13(10-8-11)17-16(19(22)23-3)12(2)20-14-5-4-6-15(21)18(14)17/h7-10,16-17H,4-6H2,1-3H3/t16-,17+/m0/s1. The van der Waals surface area contributed by atoms with E-state index >= 15 is 0 Å². The van der Waals surface area contributed by atoms with Gasteiger partial charge in [-0.1, -0.05) is 29.8 Å². The lowest BCUT2D eigenvalue weighted by Gasteiger charge is -2.34. The molecule has 0 saturated carbocycles. The third-order valence-corrected chi connectivity index (χ3v) is 4.73. The van der Waals surface area contributed by atoms with Crippen molar-refractivity contribution in [3.63, 3.8) is 0 Å². The van der Waals surface area contributed by atoms with Crippen LogP contribution in [0.25, 0.3) is 0 Å². The number of aryl methyl sites for hydroxylation is 1. The number of hydrogen-bond acceptors (Lipinski definition) is 4. The second-order valence-corrected chi connectivity index (χ2v) is 6.28. The number of carbonyl (C=O) groups is 2. The number of Topliss-reactive ketones (excluding diaryl/α,β-unsaturated/α-hetero) is 1. The summed E-state index contributed by atoms with van der Waals surface area (Å²) < 4.78 is 5.00. The molecular formula is C19H21NO3. The van der Waals surface area contributed by atoms with Gasteiger partial charge in [0, 0.05) is 29.3 Å². The second-order valence-electron chi connectivity index (χ2n) is 6.28. The number of esters is 1. The maximum atomic E-state index is 12.6. The van der Waals surface area contributed by atoms with E-state index in [4.69, 9.17) is 4.74 Å². The van der Waals surface area contributed by atoms with E-state index in [0.29, 0.717) is 12.0 Å². The number of aliphatic imine (C=N–C) groups is 1. The van der Waals surface area contributed by atoms with Crippen LogP contribution in [-0.4, -0.2) is 24.6 Å². The maximum absolute atomic E-state index is 12.6. The van der Waals surface area contributed by atoms with Crippen LogP contribution in [-0.2, 0) is 14.3 Å². The zero-order valence-electron chi connectivity index (χ0n) is 13.8. The number of nitrogens with zero attached hydrogens (tertiary/aromatic N) is 1. The van der Waals surface area contributed by atoms with Crippen molar-refractivity contribution >= 4 is 17.5 Å². The summed E-state index contributed by atoms with van der Waals surface area (Å²) in [5, 5.41) is 0. The molecule has 4 heteroatoms. The third-order valence-electron chi connectivity index (χ3n) is 4.73. The van der Waals surface area contributed by atoms with Gasteiger partial charge in [0.2, 0.25) is 0 Å². The molecule has 1 aliphatic heterocycles. The number of allylic oxidation sites excluding steroid dienone is 2. The number of benzene rings is 1. The summed E-state index contributed by atoms with van der Waals surface area (Å²) in [5.41, 5.74) is 4.41. The fourth-order valence-electron chi connectivity index (χ4n) is 3.57. The minimum absolute atomic E-state index is 0.113. The van der Waals surface area contributed by atoms with E-state index in [1.54, 1.807) is 0 Å². The Morgan fingerprint density at radius 2 is 1.87 bits per heavy atom. The van der Waals surface area contributed by atoms with Crippen LogP contribution in [0, 0.1) is 12.8 Å². The molecule has 1 aromatic rings. The molecule has 23 heavy (non-hydrogen) atoms. The minimum atomic E-state index is -0.525. The third kappa shape index (κ3) is 2.74. The lowest BCUT2D eigenvalue weighted by molar-refractivity contribution is -0.143. The normalized spacial score (nSPS) is 24.1. The zero-order chi connectivity index (χ0) is 16.6. The van der Waals surface area contributed by atoms with Crippen molar-refractivity contribution in [1.29, 1.82) is 0 Å². The molecule has 0 fully saturated rings. The predicted octanol–water partition coefficient (Wildman–Crippen LogP) is 3.35. The van der Waals surface area contributed by atoms with Gasteiger partial charge in [0.25, 0.3) is 0 Å². The van der Waals surface area contributed by atoms with Crippen molar-refractivity contribution in [2.75, 3.05) is 7.11 Å². The molecule has 0 saturated heterocycles. The van der Waals surface area contributed by atoms with Crippen molar-refractivity contribution < 1.29 is 14.3 Å². The summed E-state index contributed by atoms with van der Waals surface area (Å²) in [4.78, 5) is 29.5. The minimum Gasteiger partial charge on any atom is -0.468 e. The molecule has 1 aromatic carbocycles. The first-order valence-corrected chi connectivity index (χ1v) is 7.98. The molecule has 0 aromatic heterocycles. The van der Waals surface area contributed by atoms with E-state index in [2.05, 4.69) is 4.99 Å². The molecule has 1 aliphatic carbocycles. The van der Waals surface area contributed by atoms with Gasteiger partial charge in [0.1, 0.15) is 5.92 Å². The smallest absolute Gasteiger partial charge is 0.315 e. The number of ketones is 1. The van der Waals surface area contributed by atoms with Crippen LogP contribution >= 0.6 is 0 Å². The van der Waals surface area contributed by atoms with Crippen LogP contribution < -0.4 is 0 Å². The molecule has 120 valence electrons. The Labute approximate surface area is 136 Å². The van der Waals surface area contributed by atoms with Gasteiger partial charge < -0.3 is 4.74 Å². The number of rotatable bonds is 2. The van der Waals surface area contributed by atoms with Gasteiger partial charge in [0.05, 0.1) is 7.11 Å². The van der Waals surface area contributed by atoms with Crippen LogP contribution in [0.1, 0.15) is 43.2 Å². The summed E-state index contributed by atoms with van der Waals surface area (Å²) in [5.74, 6) is -1.03. The quantitative estimate of drug-likeness (QED) is 0.787. The van der Waals surface area contributed by atoms with E-state index in [-0.39, 0.29) is 17.7 Å². The second kappa shape index (κ2) is 6.11. The average molecular weight is 311 g/mol. The molecule has 0 spiro atoms. The lowest BCUT2D eigenvalue weighted by Crippen LogP contribution is -2.36. The van der Waals surface area contributed by atoms with Gasteiger partial charge in [-0.05, 0) is 32.3 Å². The summed E-state index contributed by atoms with van der Waals surface area (Å²) in [6.07, 6.45) is 2.16. The molecule has 0 amide bonds. The Morgan fingerprint density at radius 1 is 1.17 bits per heavy atom. The molecule has 0 radical (unpaired) electrons. The van der Waals surface area contributed by atoms with Gasteiger partial charge in [0.15, 0.2) is 5.78 Å². The van der Waals surface area contributed by atoms with Gasteiger partial charge in [-0.25, -0.2) is 0 Å². The van der Waals surface area contributed by atoms with E-state index in [1.807, 2.05) is 38.1 Å². The average Bonchev–Trinajstić information content (AvgIpc) is 2.54. The van der Waals surface area contributed by atoms with Crippen LogP contribution in [0.15, 0.2) is 40.5 Å². The van der Waals surface area contributed by atoms with Gasteiger partial charge in [-0.2, -0.15) is 0 Å². The van der Waals surface area contributed by atoms with Gasteiger partial charge >= 0.3 is 5.97 Å². The first kappa shape index (κ1) is 15.7. The predicted molar refractivity (Wildman–Crippen MR) is 88.4 cm³/mol. The fraction of sp³-hybridized carbons (Fsp3) is 0.421. The molecule has 0 bridgehead atoms. The van der Waals surface area contributed by atoms with Crippen LogP contribution in [0.3, 0.4) is 0 Å². The Morgan fingerprint density at radius 3 is 2.52 bits per heavy atom.